The van der Waals surface area contributed by atoms with Crippen molar-refractivity contribution in [3.63, 3.8) is 0 Å². The van der Waals surface area contributed by atoms with Crippen LogP contribution in [0.15, 0.2) is 18.2 Å². The summed E-state index contributed by atoms with van der Waals surface area (Å²) < 4.78 is 52.4. The minimum Gasteiger partial charge on any atom is -0.505 e. The number of benzene rings is 1. The first-order valence-electron chi connectivity index (χ1n) is 13.9. The number of aryl methyl sites for hydroxylation is 1. The van der Waals surface area contributed by atoms with Crippen molar-refractivity contribution in [1.82, 2.24) is 0 Å². The first kappa shape index (κ1) is 37.3. The predicted molar refractivity (Wildman–Crippen MR) is 173 cm³/mol. The van der Waals surface area contributed by atoms with Gasteiger partial charge in [0.15, 0.2) is 28.2 Å². The van der Waals surface area contributed by atoms with Gasteiger partial charge in [-0.25, -0.2) is 4.39 Å². The van der Waals surface area contributed by atoms with Crippen LogP contribution in [0, 0.1) is 5.82 Å². The standard InChI is InChI=1S/C24H53FO7Si7/c1-14-15-19-34(2,3)29-36(6,7)27-33-28-37(8,9)31-39(12,13)32-38(10,11)30-35(4,5)20-18-22-16-17-24(26)23(25)21-22/h16-17,21,26H,14-15,18-20H2,1-13H3. The Labute approximate surface area is 246 Å². The van der Waals surface area contributed by atoms with Gasteiger partial charge in [-0.2, -0.15) is 0 Å². The monoisotopic (exact) mass is 668 g/mol. The lowest BCUT2D eigenvalue weighted by Gasteiger charge is -2.40. The highest BCUT2D eigenvalue weighted by molar-refractivity contribution is 6.89. The molecule has 1 rings (SSSR count). The Balaban J connectivity index is 2.64. The van der Waals surface area contributed by atoms with E-state index in [4.69, 9.17) is 24.7 Å². The largest absolute Gasteiger partial charge is 0.505 e. The Kier molecular flexibility index (Phi) is 14.0. The summed E-state index contributed by atoms with van der Waals surface area (Å²) in [7, 11) is -13.9. The molecule has 0 aliphatic heterocycles. The number of halogens is 1. The minimum atomic E-state index is -2.57. The molecule has 0 fully saturated rings. The Hall–Kier alpha value is 0.228. The zero-order chi connectivity index (χ0) is 30.3. The molecule has 0 aliphatic carbocycles. The van der Waals surface area contributed by atoms with E-state index in [1.54, 1.807) is 6.07 Å². The van der Waals surface area contributed by atoms with E-state index in [0.29, 0.717) is 6.42 Å². The second kappa shape index (κ2) is 14.6. The molecule has 1 aromatic carbocycles. The van der Waals surface area contributed by atoms with Gasteiger partial charge in [0, 0.05) is 0 Å². The van der Waals surface area contributed by atoms with Crippen molar-refractivity contribution >= 4 is 60.9 Å². The average Bonchev–Trinajstić information content (AvgIpc) is 2.69. The minimum absolute atomic E-state index is 0.121. The third-order valence-corrected chi connectivity index (χ3v) is 29.6. The highest BCUT2D eigenvalue weighted by atomic mass is 28.5. The van der Waals surface area contributed by atoms with Crippen LogP contribution in [0.2, 0.25) is 90.7 Å². The van der Waals surface area contributed by atoms with Crippen LogP contribution in [0.1, 0.15) is 25.3 Å². The van der Waals surface area contributed by atoms with Gasteiger partial charge in [0.2, 0.25) is 0 Å². The summed E-state index contributed by atoms with van der Waals surface area (Å²) in [5.41, 5.74) is 0.851. The maximum Gasteiger partial charge on any atom is 0.413 e. The number of aromatic hydroxyl groups is 1. The van der Waals surface area contributed by atoms with Crippen molar-refractivity contribution in [3.05, 3.63) is 29.6 Å². The lowest BCUT2D eigenvalue weighted by molar-refractivity contribution is 0.289. The van der Waals surface area contributed by atoms with Crippen LogP contribution in [0.25, 0.3) is 0 Å². The van der Waals surface area contributed by atoms with Gasteiger partial charge >= 0.3 is 44.3 Å². The fourth-order valence-corrected chi connectivity index (χ4v) is 32.0. The molecule has 0 bridgehead atoms. The fraction of sp³-hybridized carbons (Fsp3) is 0.750. The summed E-state index contributed by atoms with van der Waals surface area (Å²) in [6.07, 6.45) is 3.06. The molecule has 0 heterocycles. The van der Waals surface area contributed by atoms with E-state index in [0.717, 1.165) is 17.7 Å². The molecule has 0 aromatic heterocycles. The molecule has 0 amide bonds. The summed E-state index contributed by atoms with van der Waals surface area (Å²) in [5.74, 6) is -0.915. The zero-order valence-electron chi connectivity index (χ0n) is 26.5. The first-order valence-corrected chi connectivity index (χ1v) is 32.2. The van der Waals surface area contributed by atoms with Crippen molar-refractivity contribution in [2.75, 3.05) is 0 Å². The number of phenolic OH excluding ortho intramolecular Hbond substituents is 1. The van der Waals surface area contributed by atoms with Gasteiger partial charge in [-0.15, -0.1) is 0 Å². The summed E-state index contributed by atoms with van der Waals surface area (Å²) in [4.78, 5) is 0. The molecule has 15 heteroatoms. The molecule has 1 N–H and O–H groups in total. The Bertz CT molecular complexity index is 915. The lowest BCUT2D eigenvalue weighted by Crippen LogP contribution is -2.57. The molecule has 226 valence electrons. The van der Waals surface area contributed by atoms with Crippen LogP contribution in [0.4, 0.5) is 4.39 Å². The highest BCUT2D eigenvalue weighted by Gasteiger charge is 2.44. The van der Waals surface area contributed by atoms with Crippen LogP contribution >= 0.6 is 0 Å². The summed E-state index contributed by atoms with van der Waals surface area (Å²) in [5, 5.41) is 9.44. The van der Waals surface area contributed by atoms with Gasteiger partial charge in [0.25, 0.3) is 0 Å². The number of phenols is 1. The second-order valence-electron chi connectivity index (χ2n) is 13.2. The maximum atomic E-state index is 13.7. The molecule has 2 radical (unpaired) electrons. The van der Waals surface area contributed by atoms with Crippen molar-refractivity contribution < 1.29 is 34.2 Å². The van der Waals surface area contributed by atoms with E-state index in [1.807, 2.05) is 26.2 Å². The van der Waals surface area contributed by atoms with E-state index in [2.05, 4.69) is 59.3 Å². The van der Waals surface area contributed by atoms with Crippen molar-refractivity contribution in [2.45, 2.75) is 117 Å². The number of unbranched alkanes of at least 4 members (excludes halogenated alkanes) is 1. The van der Waals surface area contributed by atoms with E-state index < -0.39 is 56.7 Å². The van der Waals surface area contributed by atoms with E-state index in [1.165, 1.54) is 25.0 Å². The van der Waals surface area contributed by atoms with Gasteiger partial charge in [-0.3, -0.25) is 0 Å². The van der Waals surface area contributed by atoms with Gasteiger partial charge < -0.3 is 29.8 Å². The predicted octanol–water partition coefficient (Wildman–Crippen LogP) is 7.73. The average molecular weight is 669 g/mol. The topological polar surface area (TPSA) is 75.6 Å². The van der Waals surface area contributed by atoms with Gasteiger partial charge in [-0.05, 0) is 115 Å². The van der Waals surface area contributed by atoms with Crippen molar-refractivity contribution in [1.29, 1.82) is 0 Å². The number of rotatable bonds is 18. The smallest absolute Gasteiger partial charge is 0.413 e. The first-order chi connectivity index (χ1) is 17.5. The molecule has 0 aliphatic rings. The normalized spacial score (nSPS) is 14.2. The molecule has 0 spiro atoms. The van der Waals surface area contributed by atoms with Gasteiger partial charge in [0.05, 0.1) is 0 Å². The van der Waals surface area contributed by atoms with E-state index >= 15 is 0 Å². The molecule has 0 saturated heterocycles. The van der Waals surface area contributed by atoms with Crippen LogP contribution in [0.5, 0.6) is 5.75 Å². The molecule has 0 atom stereocenters. The van der Waals surface area contributed by atoms with Crippen LogP contribution in [-0.4, -0.2) is 66.0 Å². The molecule has 0 unspecified atom stereocenters. The third kappa shape index (κ3) is 15.9. The molecular weight excluding hydrogens is 616 g/mol. The Morgan fingerprint density at radius 1 is 0.692 bits per heavy atom. The SMILES string of the molecule is CCCC[Si](C)(C)O[Si](C)(C)O[Si]O[Si](C)(C)O[Si](C)(C)O[Si](C)(C)O[Si](C)(C)CCc1ccc(O)c(F)c1. The van der Waals surface area contributed by atoms with E-state index in [9.17, 15) is 9.50 Å². The molecule has 0 saturated carbocycles. The fourth-order valence-electron chi connectivity index (χ4n) is 4.68. The number of hydrogen-bond acceptors (Lipinski definition) is 7. The zero-order valence-corrected chi connectivity index (χ0v) is 33.5. The molecule has 39 heavy (non-hydrogen) atoms. The van der Waals surface area contributed by atoms with Crippen LogP contribution in [-0.2, 0) is 31.1 Å². The Morgan fingerprint density at radius 3 is 1.69 bits per heavy atom. The van der Waals surface area contributed by atoms with Gasteiger partial charge in [-0.1, -0.05) is 25.8 Å². The Morgan fingerprint density at radius 2 is 1.15 bits per heavy atom. The summed E-state index contributed by atoms with van der Waals surface area (Å²) in [6.45, 7) is 27.5. The third-order valence-electron chi connectivity index (χ3n) is 5.76. The summed E-state index contributed by atoms with van der Waals surface area (Å²) >= 11 is 0. The second-order valence-corrected chi connectivity index (χ2v) is 37.5. The molecule has 7 nitrogen and oxygen atoms in total. The van der Waals surface area contributed by atoms with Crippen LogP contribution in [0.3, 0.4) is 0 Å². The number of hydrogen-bond donors (Lipinski definition) is 1. The van der Waals surface area contributed by atoms with Gasteiger partial charge in [0.1, 0.15) is 0 Å². The quantitative estimate of drug-likeness (QED) is 0.161. The lowest BCUT2D eigenvalue weighted by atomic mass is 10.1. The van der Waals surface area contributed by atoms with Crippen molar-refractivity contribution in [2.24, 2.45) is 0 Å². The van der Waals surface area contributed by atoms with Crippen molar-refractivity contribution in [3.8, 4) is 5.75 Å². The molecule has 1 aromatic rings. The van der Waals surface area contributed by atoms with E-state index in [-0.39, 0.29) is 15.8 Å². The van der Waals surface area contributed by atoms with Crippen LogP contribution < -0.4 is 0 Å². The molecular formula is C24H53FO7Si7. The summed E-state index contributed by atoms with van der Waals surface area (Å²) in [6, 6.07) is 6.52. The highest BCUT2D eigenvalue weighted by Crippen LogP contribution is 2.28. The maximum absolute atomic E-state index is 13.7.